The molecule has 6 nitrogen and oxygen atoms in total. The largest absolute Gasteiger partial charge is 0.309 e. The second-order valence-electron chi connectivity index (χ2n) is 5.56. The Hall–Kier alpha value is -2.67. The van der Waals surface area contributed by atoms with E-state index >= 15 is 0 Å². The lowest BCUT2D eigenvalue weighted by Gasteiger charge is -2.29. The van der Waals surface area contributed by atoms with Gasteiger partial charge in [-0.15, -0.1) is 10.2 Å². The van der Waals surface area contributed by atoms with E-state index in [-0.39, 0.29) is 4.90 Å². The van der Waals surface area contributed by atoms with Crippen LogP contribution >= 0.6 is 0 Å². The third kappa shape index (κ3) is 2.12. The van der Waals surface area contributed by atoms with Gasteiger partial charge in [-0.3, -0.25) is 0 Å². The molecule has 7 heteroatoms. The van der Waals surface area contributed by atoms with E-state index in [1.165, 1.54) is 3.97 Å². The summed E-state index contributed by atoms with van der Waals surface area (Å²) in [5.41, 5.74) is 1.64. The van der Waals surface area contributed by atoms with E-state index in [0.717, 1.165) is 5.56 Å². The van der Waals surface area contributed by atoms with E-state index in [0.29, 0.717) is 30.4 Å². The van der Waals surface area contributed by atoms with Crippen molar-refractivity contribution in [3.05, 3.63) is 66.0 Å². The Bertz CT molecular complexity index is 996. The minimum atomic E-state index is -3.70. The van der Waals surface area contributed by atoms with Gasteiger partial charge in [-0.2, -0.15) is 3.97 Å². The quantitative estimate of drug-likeness (QED) is 0.733. The molecule has 0 atom stereocenters. The Morgan fingerprint density at radius 1 is 0.958 bits per heavy atom. The maximum Gasteiger partial charge on any atom is 0.274 e. The first-order chi connectivity index (χ1) is 11.6. The van der Waals surface area contributed by atoms with Crippen LogP contribution in [0.15, 0.2) is 59.5 Å². The summed E-state index contributed by atoms with van der Waals surface area (Å²) in [7, 11) is -3.70. The molecule has 0 saturated heterocycles. The summed E-state index contributed by atoms with van der Waals surface area (Å²) in [6.07, 6.45) is 0.410. The van der Waals surface area contributed by atoms with Gasteiger partial charge < -0.3 is 4.90 Å². The first kappa shape index (κ1) is 14.9. The van der Waals surface area contributed by atoms with Crippen LogP contribution in [0.1, 0.15) is 18.3 Å². The van der Waals surface area contributed by atoms with Crippen LogP contribution in [0.3, 0.4) is 0 Å². The molecule has 2 aromatic carbocycles. The lowest BCUT2D eigenvalue weighted by atomic mass is 10.1. The SMILES string of the molecule is CCN1c2ccccc2S(=O)(=O)n2c(Cc3ccccc3)nnc21. The summed E-state index contributed by atoms with van der Waals surface area (Å²) >= 11 is 0. The molecule has 0 spiro atoms. The summed E-state index contributed by atoms with van der Waals surface area (Å²) in [5, 5.41) is 8.32. The van der Waals surface area contributed by atoms with Gasteiger partial charge in [-0.25, -0.2) is 8.42 Å². The monoisotopic (exact) mass is 340 g/mol. The zero-order valence-electron chi connectivity index (χ0n) is 13.1. The predicted octanol–water partition coefficient (Wildman–Crippen LogP) is 2.58. The van der Waals surface area contributed by atoms with Crippen LogP contribution in [0, 0.1) is 0 Å². The number of para-hydroxylation sites is 1. The molecular weight excluding hydrogens is 324 g/mol. The minimum absolute atomic E-state index is 0.286. The molecule has 0 aliphatic carbocycles. The third-order valence-corrected chi connectivity index (χ3v) is 5.86. The number of hydrogen-bond donors (Lipinski definition) is 0. The van der Waals surface area contributed by atoms with Gasteiger partial charge in [0.2, 0.25) is 5.95 Å². The smallest absolute Gasteiger partial charge is 0.274 e. The molecule has 0 unspecified atom stereocenters. The van der Waals surface area contributed by atoms with Crippen LogP contribution in [0.5, 0.6) is 0 Å². The molecule has 24 heavy (non-hydrogen) atoms. The summed E-state index contributed by atoms with van der Waals surface area (Å²) in [6, 6.07) is 16.6. The van der Waals surface area contributed by atoms with Crippen LogP contribution in [-0.4, -0.2) is 29.1 Å². The van der Waals surface area contributed by atoms with Crippen molar-refractivity contribution in [2.75, 3.05) is 11.4 Å². The fourth-order valence-corrected chi connectivity index (χ4v) is 4.63. The van der Waals surface area contributed by atoms with Gasteiger partial charge in [-0.1, -0.05) is 42.5 Å². The van der Waals surface area contributed by atoms with E-state index in [9.17, 15) is 8.42 Å². The average Bonchev–Trinajstić information content (AvgIpc) is 3.01. The van der Waals surface area contributed by atoms with Crippen molar-refractivity contribution in [2.24, 2.45) is 0 Å². The van der Waals surface area contributed by atoms with Crippen LogP contribution in [0.4, 0.5) is 11.6 Å². The van der Waals surface area contributed by atoms with Crippen molar-refractivity contribution >= 4 is 21.7 Å². The Morgan fingerprint density at radius 3 is 2.42 bits per heavy atom. The maximum atomic E-state index is 13.1. The molecule has 1 aliphatic rings. The topological polar surface area (TPSA) is 68.1 Å². The van der Waals surface area contributed by atoms with Crippen LogP contribution < -0.4 is 4.90 Å². The Morgan fingerprint density at radius 2 is 1.67 bits per heavy atom. The number of hydrogen-bond acceptors (Lipinski definition) is 5. The molecule has 3 aromatic rings. The van der Waals surface area contributed by atoms with Gasteiger partial charge in [0.05, 0.1) is 5.69 Å². The Balaban J connectivity index is 1.90. The van der Waals surface area contributed by atoms with Crippen molar-refractivity contribution in [3.63, 3.8) is 0 Å². The van der Waals surface area contributed by atoms with Crippen molar-refractivity contribution in [1.29, 1.82) is 0 Å². The van der Waals surface area contributed by atoms with Gasteiger partial charge in [0.1, 0.15) is 4.90 Å². The first-order valence-electron chi connectivity index (χ1n) is 7.73. The number of benzene rings is 2. The molecule has 4 rings (SSSR count). The molecule has 0 fully saturated rings. The minimum Gasteiger partial charge on any atom is -0.309 e. The number of rotatable bonds is 3. The lowest BCUT2D eigenvalue weighted by Crippen LogP contribution is -2.31. The normalized spacial score (nSPS) is 15.0. The molecule has 0 radical (unpaired) electrons. The standard InChI is InChI=1S/C17H16N4O2S/c1-2-20-14-10-6-7-11-15(14)24(22,23)21-16(18-19-17(20)21)12-13-8-4-3-5-9-13/h3-11H,2,12H2,1H3. The fraction of sp³-hybridized carbons (Fsp3) is 0.176. The van der Waals surface area contributed by atoms with Gasteiger partial charge in [0, 0.05) is 13.0 Å². The highest BCUT2D eigenvalue weighted by Gasteiger charge is 2.36. The third-order valence-electron chi connectivity index (χ3n) is 4.11. The van der Waals surface area contributed by atoms with E-state index in [1.807, 2.05) is 48.2 Å². The van der Waals surface area contributed by atoms with Crippen LogP contribution in [0.25, 0.3) is 0 Å². The average molecular weight is 340 g/mol. The van der Waals surface area contributed by atoms with Crippen LogP contribution in [0.2, 0.25) is 0 Å². The van der Waals surface area contributed by atoms with Crippen molar-refractivity contribution in [3.8, 4) is 0 Å². The number of fused-ring (bicyclic) bond motifs is 2. The van der Waals surface area contributed by atoms with Gasteiger partial charge >= 0.3 is 0 Å². The molecule has 0 saturated carbocycles. The number of anilines is 2. The van der Waals surface area contributed by atoms with E-state index in [2.05, 4.69) is 10.2 Å². The Kier molecular flexibility index (Phi) is 3.38. The molecule has 1 aromatic heterocycles. The lowest BCUT2D eigenvalue weighted by molar-refractivity contribution is 0.582. The van der Waals surface area contributed by atoms with Crippen molar-refractivity contribution in [1.82, 2.24) is 14.2 Å². The summed E-state index contributed by atoms with van der Waals surface area (Å²) in [4.78, 5) is 2.16. The number of nitrogens with zero attached hydrogens (tertiary/aromatic N) is 4. The Labute approximate surface area is 140 Å². The van der Waals surface area contributed by atoms with Crippen molar-refractivity contribution < 1.29 is 8.42 Å². The summed E-state index contributed by atoms with van der Waals surface area (Å²) in [6.45, 7) is 2.57. The molecule has 0 amide bonds. The zero-order chi connectivity index (χ0) is 16.7. The van der Waals surface area contributed by atoms with E-state index in [4.69, 9.17) is 0 Å². The maximum absolute atomic E-state index is 13.1. The van der Waals surface area contributed by atoms with Gasteiger partial charge in [0.15, 0.2) is 5.82 Å². The van der Waals surface area contributed by atoms with Crippen LogP contribution in [-0.2, 0) is 16.4 Å². The summed E-state index contributed by atoms with van der Waals surface area (Å²) in [5.74, 6) is 0.770. The highest BCUT2D eigenvalue weighted by molar-refractivity contribution is 7.90. The number of aromatic nitrogens is 3. The summed E-state index contributed by atoms with van der Waals surface area (Å²) < 4.78 is 27.4. The molecule has 0 bridgehead atoms. The van der Waals surface area contributed by atoms with E-state index < -0.39 is 10.0 Å². The fourth-order valence-electron chi connectivity index (χ4n) is 3.01. The van der Waals surface area contributed by atoms with Gasteiger partial charge in [0.25, 0.3) is 10.0 Å². The second-order valence-corrected chi connectivity index (χ2v) is 7.32. The molecule has 122 valence electrons. The zero-order valence-corrected chi connectivity index (χ0v) is 13.9. The van der Waals surface area contributed by atoms with Crippen molar-refractivity contribution in [2.45, 2.75) is 18.2 Å². The second kappa shape index (κ2) is 5.45. The predicted molar refractivity (Wildman–Crippen MR) is 91.0 cm³/mol. The van der Waals surface area contributed by atoms with E-state index in [1.54, 1.807) is 18.2 Å². The molecular formula is C17H16N4O2S. The highest BCUT2D eigenvalue weighted by Crippen LogP contribution is 2.38. The first-order valence-corrected chi connectivity index (χ1v) is 9.17. The molecule has 0 N–H and O–H groups in total. The molecule has 1 aliphatic heterocycles. The van der Waals surface area contributed by atoms with Gasteiger partial charge in [-0.05, 0) is 24.6 Å². The highest BCUT2D eigenvalue weighted by atomic mass is 32.2. The molecule has 2 heterocycles.